The van der Waals surface area contributed by atoms with Crippen LogP contribution in [-0.4, -0.2) is 5.78 Å². The summed E-state index contributed by atoms with van der Waals surface area (Å²) in [7, 11) is 0. The van der Waals surface area contributed by atoms with Gasteiger partial charge in [0.25, 0.3) is 0 Å². The van der Waals surface area contributed by atoms with Gasteiger partial charge in [0.2, 0.25) is 0 Å². The Morgan fingerprint density at radius 3 is 2.14 bits per heavy atom. The first kappa shape index (κ1) is 15.2. The number of rotatable bonds is 3. The molecule has 0 aromatic heterocycles. The zero-order valence-corrected chi connectivity index (χ0v) is 13.2. The van der Waals surface area contributed by atoms with Crippen LogP contribution in [0.2, 0.25) is 0 Å². The van der Waals surface area contributed by atoms with Gasteiger partial charge in [-0.15, -0.1) is 0 Å². The minimum absolute atomic E-state index is 0.173. The molecule has 0 amide bonds. The van der Waals surface area contributed by atoms with Gasteiger partial charge in [-0.3, -0.25) is 4.79 Å². The van der Waals surface area contributed by atoms with Gasteiger partial charge in [0, 0.05) is 11.0 Å². The molecular formula is C20H22O. The van der Waals surface area contributed by atoms with Crippen LogP contribution in [0.25, 0.3) is 12.2 Å². The molecule has 0 fully saturated rings. The fraction of sp³-hybridized carbons (Fsp3) is 0.250. The molecule has 1 nitrogen and oxygen atoms in total. The molecule has 0 bridgehead atoms. The second-order valence-corrected chi connectivity index (χ2v) is 6.41. The molecule has 0 atom stereocenters. The zero-order chi connectivity index (χ0) is 15.5. The molecule has 0 saturated heterocycles. The smallest absolute Gasteiger partial charge is 0.168 e. The molecule has 1 heteroatoms. The molecule has 0 aliphatic carbocycles. The first-order valence-electron chi connectivity index (χ1n) is 7.26. The Morgan fingerprint density at radius 2 is 1.52 bits per heavy atom. The quantitative estimate of drug-likeness (QED) is 0.543. The number of ketones is 1. The highest BCUT2D eigenvalue weighted by atomic mass is 16.1. The van der Waals surface area contributed by atoms with Crippen LogP contribution < -0.4 is 0 Å². The van der Waals surface area contributed by atoms with Crippen molar-refractivity contribution < 1.29 is 4.79 Å². The third-order valence-corrected chi connectivity index (χ3v) is 3.42. The summed E-state index contributed by atoms with van der Waals surface area (Å²) in [6.45, 7) is 7.94. The summed E-state index contributed by atoms with van der Waals surface area (Å²) < 4.78 is 0. The average molecular weight is 278 g/mol. The SMILES string of the molecule is Cc1ccc(/C=C/c2ccccc2C(=O)C(C)(C)C)cc1. The Kier molecular flexibility index (Phi) is 4.42. The molecule has 0 N–H and O–H groups in total. The van der Waals surface area contributed by atoms with Gasteiger partial charge in [0.05, 0.1) is 0 Å². The number of benzene rings is 2. The van der Waals surface area contributed by atoms with E-state index in [0.717, 1.165) is 16.7 Å². The molecule has 0 saturated carbocycles. The van der Waals surface area contributed by atoms with E-state index in [0.29, 0.717) is 0 Å². The van der Waals surface area contributed by atoms with Crippen LogP contribution in [0.5, 0.6) is 0 Å². The minimum atomic E-state index is -0.367. The summed E-state index contributed by atoms with van der Waals surface area (Å²) >= 11 is 0. The molecule has 108 valence electrons. The van der Waals surface area contributed by atoms with Crippen molar-refractivity contribution in [3.05, 3.63) is 70.8 Å². The molecular weight excluding hydrogens is 256 g/mol. The summed E-state index contributed by atoms with van der Waals surface area (Å²) in [5.41, 5.74) is 3.77. The Morgan fingerprint density at radius 1 is 0.905 bits per heavy atom. The highest BCUT2D eigenvalue weighted by molar-refractivity contribution is 6.03. The Bertz CT molecular complexity index is 655. The van der Waals surface area contributed by atoms with Crippen LogP contribution in [0, 0.1) is 12.3 Å². The van der Waals surface area contributed by atoms with Crippen molar-refractivity contribution in [2.75, 3.05) is 0 Å². The Labute approximate surface area is 127 Å². The van der Waals surface area contributed by atoms with E-state index in [-0.39, 0.29) is 11.2 Å². The van der Waals surface area contributed by atoms with Crippen molar-refractivity contribution >= 4 is 17.9 Å². The van der Waals surface area contributed by atoms with Crippen LogP contribution in [0.1, 0.15) is 47.8 Å². The van der Waals surface area contributed by atoms with Crippen molar-refractivity contribution in [1.29, 1.82) is 0 Å². The Hall–Kier alpha value is -2.15. The van der Waals surface area contributed by atoms with E-state index in [1.54, 1.807) is 0 Å². The molecule has 2 aromatic rings. The number of hydrogen-bond acceptors (Lipinski definition) is 1. The van der Waals surface area contributed by atoms with Gasteiger partial charge in [-0.05, 0) is 18.1 Å². The van der Waals surface area contributed by atoms with Crippen LogP contribution >= 0.6 is 0 Å². The maximum absolute atomic E-state index is 12.5. The number of hydrogen-bond donors (Lipinski definition) is 0. The van der Waals surface area contributed by atoms with Gasteiger partial charge in [0.1, 0.15) is 0 Å². The fourth-order valence-electron chi connectivity index (χ4n) is 2.12. The topological polar surface area (TPSA) is 17.1 Å². The lowest BCUT2D eigenvalue weighted by atomic mass is 9.84. The lowest BCUT2D eigenvalue weighted by Crippen LogP contribution is -2.20. The molecule has 0 unspecified atom stereocenters. The van der Waals surface area contributed by atoms with Gasteiger partial charge in [-0.1, -0.05) is 87.0 Å². The van der Waals surface area contributed by atoms with Crippen LogP contribution in [-0.2, 0) is 0 Å². The third kappa shape index (κ3) is 3.91. The Balaban J connectivity index is 2.33. The van der Waals surface area contributed by atoms with E-state index in [1.165, 1.54) is 5.56 Å². The van der Waals surface area contributed by atoms with Crippen molar-refractivity contribution in [2.45, 2.75) is 27.7 Å². The summed E-state index contributed by atoms with van der Waals surface area (Å²) in [6.07, 6.45) is 4.07. The van der Waals surface area contributed by atoms with Gasteiger partial charge < -0.3 is 0 Å². The third-order valence-electron chi connectivity index (χ3n) is 3.42. The summed E-state index contributed by atoms with van der Waals surface area (Å²) in [5, 5.41) is 0. The molecule has 0 radical (unpaired) electrons. The number of carbonyl (C=O) groups excluding carboxylic acids is 1. The maximum Gasteiger partial charge on any atom is 0.168 e. The van der Waals surface area contributed by atoms with E-state index in [4.69, 9.17) is 0 Å². The normalized spacial score (nSPS) is 11.8. The zero-order valence-electron chi connectivity index (χ0n) is 13.2. The minimum Gasteiger partial charge on any atom is -0.294 e. The van der Waals surface area contributed by atoms with Crippen molar-refractivity contribution in [3.8, 4) is 0 Å². The molecule has 0 aliphatic rings. The number of aryl methyl sites for hydroxylation is 1. The summed E-state index contributed by atoms with van der Waals surface area (Å²) in [6, 6.07) is 16.1. The van der Waals surface area contributed by atoms with E-state index < -0.39 is 0 Å². The van der Waals surface area contributed by atoms with Gasteiger partial charge in [-0.2, -0.15) is 0 Å². The van der Waals surface area contributed by atoms with Crippen molar-refractivity contribution in [1.82, 2.24) is 0 Å². The van der Waals surface area contributed by atoms with Crippen LogP contribution in [0.3, 0.4) is 0 Å². The van der Waals surface area contributed by atoms with Gasteiger partial charge in [-0.25, -0.2) is 0 Å². The maximum atomic E-state index is 12.5. The molecule has 0 aliphatic heterocycles. The predicted molar refractivity (Wildman–Crippen MR) is 90.3 cm³/mol. The molecule has 2 rings (SSSR count). The second-order valence-electron chi connectivity index (χ2n) is 6.41. The van der Waals surface area contributed by atoms with E-state index in [1.807, 2.05) is 57.2 Å². The predicted octanol–water partition coefficient (Wildman–Crippen LogP) is 5.39. The number of Topliss-reactive ketones (excluding diaryl/α,β-unsaturated/α-hetero) is 1. The molecule has 0 heterocycles. The first-order valence-corrected chi connectivity index (χ1v) is 7.26. The lowest BCUT2D eigenvalue weighted by molar-refractivity contribution is 0.0858. The van der Waals surface area contributed by atoms with E-state index in [2.05, 4.69) is 31.2 Å². The molecule has 0 spiro atoms. The largest absolute Gasteiger partial charge is 0.294 e. The van der Waals surface area contributed by atoms with Gasteiger partial charge >= 0.3 is 0 Å². The van der Waals surface area contributed by atoms with Crippen LogP contribution in [0.4, 0.5) is 0 Å². The van der Waals surface area contributed by atoms with Crippen LogP contribution in [0.15, 0.2) is 48.5 Å². The second kappa shape index (κ2) is 6.09. The van der Waals surface area contributed by atoms with Crippen molar-refractivity contribution in [2.24, 2.45) is 5.41 Å². The molecule has 21 heavy (non-hydrogen) atoms. The first-order chi connectivity index (χ1) is 9.88. The van der Waals surface area contributed by atoms with Crippen molar-refractivity contribution in [3.63, 3.8) is 0 Å². The number of carbonyl (C=O) groups is 1. The lowest BCUT2D eigenvalue weighted by Gasteiger charge is -2.18. The standard InChI is InChI=1S/C20H22O/c1-15-9-11-16(12-10-15)13-14-17-7-5-6-8-18(17)19(21)20(2,3)4/h5-14H,1-4H3/b14-13+. The summed E-state index contributed by atoms with van der Waals surface area (Å²) in [5.74, 6) is 0.173. The highest BCUT2D eigenvalue weighted by Crippen LogP contribution is 2.24. The fourth-order valence-corrected chi connectivity index (χ4v) is 2.12. The highest BCUT2D eigenvalue weighted by Gasteiger charge is 2.24. The monoisotopic (exact) mass is 278 g/mol. The average Bonchev–Trinajstić information content (AvgIpc) is 2.45. The van der Waals surface area contributed by atoms with E-state index in [9.17, 15) is 4.79 Å². The van der Waals surface area contributed by atoms with Gasteiger partial charge in [0.15, 0.2) is 5.78 Å². The molecule has 2 aromatic carbocycles. The van der Waals surface area contributed by atoms with E-state index >= 15 is 0 Å². The summed E-state index contributed by atoms with van der Waals surface area (Å²) in [4.78, 5) is 12.5.